The fourth-order valence-electron chi connectivity index (χ4n) is 2.42. The molecule has 1 aliphatic rings. The van der Waals surface area contributed by atoms with Crippen LogP contribution < -0.4 is 51.4 Å². The van der Waals surface area contributed by atoms with Crippen molar-refractivity contribution in [3.8, 4) is 0 Å². The second kappa shape index (κ2) is 19.8. The van der Waals surface area contributed by atoms with Gasteiger partial charge in [-0.3, -0.25) is 0 Å². The Morgan fingerprint density at radius 3 is 1.00 bits per heavy atom. The van der Waals surface area contributed by atoms with E-state index in [0.29, 0.717) is 52.9 Å². The molecular formula is C21H42KNO4Si2. The van der Waals surface area contributed by atoms with Crippen LogP contribution in [0.4, 0.5) is 0 Å². The van der Waals surface area contributed by atoms with E-state index in [-0.39, 0.29) is 51.4 Å². The van der Waals surface area contributed by atoms with Gasteiger partial charge in [0.15, 0.2) is 0 Å². The van der Waals surface area contributed by atoms with Crippen LogP contribution in [-0.4, -0.2) is 69.3 Å². The Morgan fingerprint density at radius 1 is 0.586 bits per heavy atom. The van der Waals surface area contributed by atoms with E-state index < -0.39 is 16.5 Å². The Kier molecular flexibility index (Phi) is 22.0. The van der Waals surface area contributed by atoms with Crippen molar-refractivity contribution >= 4 is 16.5 Å². The van der Waals surface area contributed by atoms with Crippen molar-refractivity contribution in [2.75, 3.05) is 52.9 Å². The Labute approximate surface area is 224 Å². The summed E-state index contributed by atoms with van der Waals surface area (Å²) >= 11 is 0. The van der Waals surface area contributed by atoms with E-state index in [1.54, 1.807) is 0 Å². The average molecular weight is 468 g/mol. The van der Waals surface area contributed by atoms with Gasteiger partial charge in [0, 0.05) is 0 Å². The van der Waals surface area contributed by atoms with Crippen LogP contribution in [0.2, 0.25) is 39.3 Å². The van der Waals surface area contributed by atoms with Crippen molar-refractivity contribution in [2.45, 2.75) is 46.2 Å². The molecule has 5 nitrogen and oxygen atoms in total. The SMILES string of the molecule is C1COCCOCCOCCO1.C[Si](C)(C)[N-][Si](C)(C)C.Cc1ccccc1.[K+]. The predicted octanol–water partition coefficient (Wildman–Crippen LogP) is 2.10. The first kappa shape index (κ1) is 32.3. The summed E-state index contributed by atoms with van der Waals surface area (Å²) in [6, 6.07) is 10.3. The summed E-state index contributed by atoms with van der Waals surface area (Å²) in [5, 5.41) is 0. The van der Waals surface area contributed by atoms with Gasteiger partial charge in [-0.15, -0.1) is 0 Å². The maximum Gasteiger partial charge on any atom is 1.00 e. The smallest absolute Gasteiger partial charge is 0.668 e. The zero-order chi connectivity index (χ0) is 21.3. The summed E-state index contributed by atoms with van der Waals surface area (Å²) in [5.74, 6) is 0. The van der Waals surface area contributed by atoms with Crippen LogP contribution >= 0.6 is 0 Å². The third kappa shape index (κ3) is 29.1. The van der Waals surface area contributed by atoms with Gasteiger partial charge in [0.2, 0.25) is 0 Å². The van der Waals surface area contributed by atoms with Gasteiger partial charge < -0.3 is 23.6 Å². The fourth-order valence-corrected chi connectivity index (χ4v) is 10.5. The van der Waals surface area contributed by atoms with E-state index >= 15 is 0 Å². The summed E-state index contributed by atoms with van der Waals surface area (Å²) in [7, 11) is -2.21. The molecule has 1 aromatic rings. The van der Waals surface area contributed by atoms with Crippen LogP contribution in [-0.2, 0) is 18.9 Å². The van der Waals surface area contributed by atoms with Crippen molar-refractivity contribution in [2.24, 2.45) is 0 Å². The summed E-state index contributed by atoms with van der Waals surface area (Å²) in [4.78, 5) is 0. The predicted molar refractivity (Wildman–Crippen MR) is 125 cm³/mol. The van der Waals surface area contributed by atoms with E-state index in [4.69, 9.17) is 23.6 Å². The zero-order valence-corrected chi connectivity index (χ0v) is 25.2. The molecule has 0 spiro atoms. The number of benzene rings is 1. The quantitative estimate of drug-likeness (QED) is 0.625. The van der Waals surface area contributed by atoms with Gasteiger partial charge in [0.1, 0.15) is 0 Å². The molecule has 0 saturated carbocycles. The minimum Gasteiger partial charge on any atom is -0.668 e. The molecular weight excluding hydrogens is 426 g/mol. The van der Waals surface area contributed by atoms with E-state index in [2.05, 4.69) is 58.3 Å². The molecule has 0 bridgehead atoms. The zero-order valence-electron chi connectivity index (χ0n) is 20.1. The van der Waals surface area contributed by atoms with E-state index in [1.807, 2.05) is 18.2 Å². The van der Waals surface area contributed by atoms with Gasteiger partial charge in [-0.05, 0) is 6.92 Å². The Hall–Kier alpha value is 1.09. The topological polar surface area (TPSA) is 51.0 Å². The molecule has 1 aromatic carbocycles. The number of ether oxygens (including phenoxy) is 4. The molecule has 0 aliphatic carbocycles. The molecule has 1 heterocycles. The van der Waals surface area contributed by atoms with Crippen molar-refractivity contribution in [3.05, 3.63) is 40.5 Å². The second-order valence-electron chi connectivity index (χ2n) is 8.56. The normalized spacial score (nSPS) is 16.4. The third-order valence-electron chi connectivity index (χ3n) is 3.10. The van der Waals surface area contributed by atoms with Crippen molar-refractivity contribution in [3.63, 3.8) is 0 Å². The van der Waals surface area contributed by atoms with Crippen LogP contribution in [0.5, 0.6) is 0 Å². The maximum absolute atomic E-state index is 5.22. The number of hydrogen-bond donors (Lipinski definition) is 0. The first-order valence-electron chi connectivity index (χ1n) is 10.2. The average Bonchev–Trinajstić information content (AvgIpc) is 2.54. The van der Waals surface area contributed by atoms with Gasteiger partial charge in [-0.1, -0.05) is 91.6 Å². The molecule has 2 rings (SSSR count). The minimum absolute atomic E-state index is 0. The molecule has 29 heavy (non-hydrogen) atoms. The summed E-state index contributed by atoms with van der Waals surface area (Å²) in [5.41, 5.74) is 1.32. The van der Waals surface area contributed by atoms with Crippen molar-refractivity contribution in [1.82, 2.24) is 0 Å². The van der Waals surface area contributed by atoms with Gasteiger partial charge in [-0.2, -0.15) is 0 Å². The molecule has 0 unspecified atom stereocenters. The van der Waals surface area contributed by atoms with Gasteiger partial charge in [-0.25, -0.2) is 0 Å². The monoisotopic (exact) mass is 467 g/mol. The molecule has 0 aromatic heterocycles. The van der Waals surface area contributed by atoms with Gasteiger partial charge >= 0.3 is 51.4 Å². The molecule has 0 N–H and O–H groups in total. The molecule has 0 radical (unpaired) electrons. The number of nitrogens with zero attached hydrogens (tertiary/aromatic N) is 1. The molecule has 0 amide bonds. The molecule has 164 valence electrons. The van der Waals surface area contributed by atoms with Crippen LogP contribution in [0.15, 0.2) is 30.3 Å². The van der Waals surface area contributed by atoms with E-state index in [1.165, 1.54) is 5.56 Å². The Morgan fingerprint density at radius 2 is 0.862 bits per heavy atom. The van der Waals surface area contributed by atoms with Gasteiger partial charge in [0.05, 0.1) is 52.9 Å². The second-order valence-corrected chi connectivity index (χ2v) is 18.1. The summed E-state index contributed by atoms with van der Waals surface area (Å²) in [6.45, 7) is 21.0. The molecule has 1 fully saturated rings. The fraction of sp³-hybridized carbons (Fsp3) is 0.714. The van der Waals surface area contributed by atoms with Gasteiger partial charge in [0.25, 0.3) is 0 Å². The van der Waals surface area contributed by atoms with Crippen molar-refractivity contribution < 1.29 is 70.3 Å². The molecule has 1 saturated heterocycles. The Bertz CT molecular complexity index is 413. The number of hydrogen-bond acceptors (Lipinski definition) is 4. The first-order chi connectivity index (χ1) is 13.1. The first-order valence-corrected chi connectivity index (χ1v) is 17.1. The largest absolute Gasteiger partial charge is 1.00 e. The minimum atomic E-state index is -1.11. The third-order valence-corrected chi connectivity index (χ3v) is 8.47. The van der Waals surface area contributed by atoms with Crippen LogP contribution in [0.1, 0.15) is 5.56 Å². The van der Waals surface area contributed by atoms with E-state index in [9.17, 15) is 0 Å². The van der Waals surface area contributed by atoms with E-state index in [0.717, 1.165) is 0 Å². The molecule has 1 aliphatic heterocycles. The Balaban J connectivity index is 0. The number of rotatable bonds is 2. The number of aryl methyl sites for hydroxylation is 1. The van der Waals surface area contributed by atoms with Crippen LogP contribution in [0.3, 0.4) is 0 Å². The van der Waals surface area contributed by atoms with Crippen LogP contribution in [0.25, 0.3) is 4.65 Å². The molecule has 0 atom stereocenters. The maximum atomic E-state index is 5.22. The standard InChI is InChI=1S/C8H16O4.C7H8.C6H18NSi2.K/c1-2-10-5-6-12-8-7-11-4-3-9-1;1-7-5-3-2-4-6-7;1-8(2,3)7-9(4,5)6;/h1-8H2;2-6H,1H3;1-6H3;/q;;-1;+1. The summed E-state index contributed by atoms with van der Waals surface area (Å²) < 4.78 is 25.7. The molecule has 8 heteroatoms. The summed E-state index contributed by atoms with van der Waals surface area (Å²) in [6.07, 6.45) is 0. The van der Waals surface area contributed by atoms with Crippen LogP contribution in [0, 0.1) is 6.92 Å². The van der Waals surface area contributed by atoms with Crippen molar-refractivity contribution in [1.29, 1.82) is 0 Å².